The van der Waals surface area contributed by atoms with E-state index < -0.39 is 0 Å². The van der Waals surface area contributed by atoms with E-state index in [1.165, 1.54) is 28.1 Å². The van der Waals surface area contributed by atoms with Crippen molar-refractivity contribution in [3.63, 3.8) is 0 Å². The van der Waals surface area contributed by atoms with Gasteiger partial charge < -0.3 is 0 Å². The van der Waals surface area contributed by atoms with Gasteiger partial charge in [-0.1, -0.05) is 31.0 Å². The van der Waals surface area contributed by atoms with Gasteiger partial charge in [-0.15, -0.1) is 0 Å². The van der Waals surface area contributed by atoms with E-state index in [0.29, 0.717) is 0 Å². The van der Waals surface area contributed by atoms with Gasteiger partial charge in [0.25, 0.3) is 0 Å². The van der Waals surface area contributed by atoms with Crippen LogP contribution in [0.4, 0.5) is 0 Å². The monoisotopic (exact) mass is 228 g/mol. The van der Waals surface area contributed by atoms with Crippen molar-refractivity contribution in [1.29, 1.82) is 0 Å². The molecule has 0 bridgehead atoms. The summed E-state index contributed by atoms with van der Waals surface area (Å²) in [6.07, 6.45) is 4.26. The third-order valence-corrected chi connectivity index (χ3v) is 3.01. The normalized spacial score (nSPS) is 10.8. The Balaban J connectivity index is 2.45. The Kier molecular flexibility index (Phi) is 3.32. The maximum Gasteiger partial charge on any atom is 0.0704 e. The van der Waals surface area contributed by atoms with E-state index in [1.807, 2.05) is 4.68 Å². The Morgan fingerprint density at radius 1 is 1.12 bits per heavy atom. The summed E-state index contributed by atoms with van der Waals surface area (Å²) >= 11 is 0. The highest BCUT2D eigenvalue weighted by molar-refractivity contribution is 5.48. The summed E-state index contributed by atoms with van der Waals surface area (Å²) in [5.74, 6) is 0. The number of hydrogen-bond donors (Lipinski definition) is 0. The molecule has 90 valence electrons. The predicted molar refractivity (Wildman–Crippen MR) is 71.8 cm³/mol. The average molecular weight is 228 g/mol. The van der Waals surface area contributed by atoms with Gasteiger partial charge in [-0.25, -0.2) is 4.68 Å². The summed E-state index contributed by atoms with van der Waals surface area (Å²) in [6, 6.07) is 6.54. The number of nitrogens with zero attached hydrogens (tertiary/aromatic N) is 2. The Bertz CT molecular complexity index is 500. The Morgan fingerprint density at radius 2 is 1.76 bits per heavy atom. The van der Waals surface area contributed by atoms with Crippen molar-refractivity contribution in [2.45, 2.75) is 40.5 Å². The highest BCUT2D eigenvalue weighted by Crippen LogP contribution is 2.20. The van der Waals surface area contributed by atoms with Crippen LogP contribution in [0.25, 0.3) is 5.69 Å². The first kappa shape index (κ1) is 11.9. The van der Waals surface area contributed by atoms with Gasteiger partial charge in [-0.05, 0) is 44.4 Å². The topological polar surface area (TPSA) is 17.8 Å². The fourth-order valence-electron chi connectivity index (χ4n) is 2.41. The molecule has 0 aliphatic carbocycles. The Hall–Kier alpha value is -1.57. The van der Waals surface area contributed by atoms with Crippen molar-refractivity contribution < 1.29 is 0 Å². The third-order valence-electron chi connectivity index (χ3n) is 3.01. The lowest BCUT2D eigenvalue weighted by atomic mass is 10.1. The molecule has 0 spiro atoms. The number of aromatic nitrogens is 2. The Labute approximate surface area is 103 Å². The minimum Gasteiger partial charge on any atom is -0.240 e. The molecule has 2 heteroatoms. The summed E-state index contributed by atoms with van der Waals surface area (Å²) in [7, 11) is 0. The fourth-order valence-corrected chi connectivity index (χ4v) is 2.41. The van der Waals surface area contributed by atoms with Crippen LogP contribution < -0.4 is 0 Å². The van der Waals surface area contributed by atoms with Crippen LogP contribution >= 0.6 is 0 Å². The molecule has 0 aliphatic rings. The van der Waals surface area contributed by atoms with Crippen molar-refractivity contribution in [2.75, 3.05) is 0 Å². The Morgan fingerprint density at radius 3 is 2.35 bits per heavy atom. The maximum absolute atomic E-state index is 4.64. The van der Waals surface area contributed by atoms with Gasteiger partial charge in [0.1, 0.15) is 0 Å². The summed E-state index contributed by atoms with van der Waals surface area (Å²) in [5.41, 5.74) is 6.27. The lowest BCUT2D eigenvalue weighted by molar-refractivity contribution is 0.799. The molecule has 2 aromatic rings. The molecule has 1 aromatic heterocycles. The van der Waals surface area contributed by atoms with Crippen LogP contribution in [0.2, 0.25) is 0 Å². The van der Waals surface area contributed by atoms with Crippen LogP contribution in [0.3, 0.4) is 0 Å². The molecule has 0 radical (unpaired) electrons. The van der Waals surface area contributed by atoms with Crippen molar-refractivity contribution in [3.05, 3.63) is 46.8 Å². The van der Waals surface area contributed by atoms with Crippen LogP contribution in [0.15, 0.2) is 24.4 Å². The largest absolute Gasteiger partial charge is 0.240 e. The van der Waals surface area contributed by atoms with E-state index in [4.69, 9.17) is 0 Å². The first-order chi connectivity index (χ1) is 8.11. The number of benzene rings is 1. The van der Waals surface area contributed by atoms with Crippen LogP contribution in [-0.2, 0) is 6.42 Å². The van der Waals surface area contributed by atoms with Crippen LogP contribution in [0.1, 0.15) is 35.7 Å². The zero-order chi connectivity index (χ0) is 12.4. The lowest BCUT2D eigenvalue weighted by Crippen LogP contribution is -2.02. The molecule has 0 saturated heterocycles. The molecule has 0 amide bonds. The third kappa shape index (κ3) is 2.41. The molecule has 0 N–H and O–H groups in total. The van der Waals surface area contributed by atoms with Gasteiger partial charge >= 0.3 is 0 Å². The number of aryl methyl sites for hydroxylation is 4. The zero-order valence-electron chi connectivity index (χ0n) is 11.1. The molecule has 0 unspecified atom stereocenters. The van der Waals surface area contributed by atoms with Gasteiger partial charge in [0.05, 0.1) is 11.4 Å². The molecular weight excluding hydrogens is 208 g/mol. The highest BCUT2D eigenvalue weighted by atomic mass is 15.3. The van der Waals surface area contributed by atoms with Gasteiger partial charge in [-0.2, -0.15) is 5.10 Å². The quantitative estimate of drug-likeness (QED) is 0.782. The molecule has 0 atom stereocenters. The van der Waals surface area contributed by atoms with E-state index in [-0.39, 0.29) is 0 Å². The molecule has 1 aromatic carbocycles. The first-order valence-corrected chi connectivity index (χ1v) is 6.24. The smallest absolute Gasteiger partial charge is 0.0704 e. The minimum atomic E-state index is 1.05. The second-order valence-corrected chi connectivity index (χ2v) is 4.75. The van der Waals surface area contributed by atoms with E-state index in [0.717, 1.165) is 12.8 Å². The maximum atomic E-state index is 4.64. The van der Waals surface area contributed by atoms with Crippen molar-refractivity contribution >= 4 is 0 Å². The zero-order valence-corrected chi connectivity index (χ0v) is 11.1. The van der Waals surface area contributed by atoms with Crippen LogP contribution in [0.5, 0.6) is 0 Å². The summed E-state index contributed by atoms with van der Waals surface area (Å²) in [6.45, 7) is 8.61. The van der Waals surface area contributed by atoms with E-state index in [2.05, 4.69) is 57.2 Å². The van der Waals surface area contributed by atoms with E-state index >= 15 is 0 Å². The minimum absolute atomic E-state index is 1.05. The number of hydrogen-bond acceptors (Lipinski definition) is 1. The van der Waals surface area contributed by atoms with Gasteiger partial charge in [-0.3, -0.25) is 0 Å². The second kappa shape index (κ2) is 4.74. The number of rotatable bonds is 3. The molecule has 0 fully saturated rings. The average Bonchev–Trinajstić information content (AvgIpc) is 2.65. The molecule has 0 saturated carbocycles. The van der Waals surface area contributed by atoms with Crippen LogP contribution in [0, 0.1) is 20.8 Å². The highest BCUT2D eigenvalue weighted by Gasteiger charge is 2.07. The fraction of sp³-hybridized carbons (Fsp3) is 0.400. The van der Waals surface area contributed by atoms with Crippen LogP contribution in [-0.4, -0.2) is 9.78 Å². The molecule has 1 heterocycles. The van der Waals surface area contributed by atoms with Gasteiger partial charge in [0.15, 0.2) is 0 Å². The molecule has 2 nitrogen and oxygen atoms in total. The summed E-state index contributed by atoms with van der Waals surface area (Å²) < 4.78 is 2.01. The second-order valence-electron chi connectivity index (χ2n) is 4.75. The first-order valence-electron chi connectivity index (χ1n) is 6.24. The van der Waals surface area contributed by atoms with Crippen molar-refractivity contribution in [3.8, 4) is 5.69 Å². The van der Waals surface area contributed by atoms with E-state index in [1.54, 1.807) is 0 Å². The van der Waals surface area contributed by atoms with Crippen molar-refractivity contribution in [1.82, 2.24) is 9.78 Å². The van der Waals surface area contributed by atoms with E-state index in [9.17, 15) is 0 Å². The SMILES string of the molecule is CCCc1ccn(-c2c(C)cc(C)cc2C)n1. The standard InChI is InChI=1S/C15H20N2/c1-5-6-14-7-8-17(16-14)15-12(3)9-11(2)10-13(15)4/h7-10H,5-6H2,1-4H3. The van der Waals surface area contributed by atoms with Crippen molar-refractivity contribution in [2.24, 2.45) is 0 Å². The molecular formula is C15H20N2. The summed E-state index contributed by atoms with van der Waals surface area (Å²) in [4.78, 5) is 0. The summed E-state index contributed by atoms with van der Waals surface area (Å²) in [5, 5.41) is 4.64. The van der Waals surface area contributed by atoms with Gasteiger partial charge in [0.2, 0.25) is 0 Å². The predicted octanol–water partition coefficient (Wildman–Crippen LogP) is 3.75. The molecule has 0 aliphatic heterocycles. The van der Waals surface area contributed by atoms with Gasteiger partial charge in [0, 0.05) is 6.20 Å². The lowest BCUT2D eigenvalue weighted by Gasteiger charge is -2.11. The molecule has 17 heavy (non-hydrogen) atoms. The molecule has 2 rings (SSSR count).